The van der Waals surface area contributed by atoms with Gasteiger partial charge in [-0.15, -0.1) is 0 Å². The van der Waals surface area contributed by atoms with Crippen molar-refractivity contribution < 1.29 is 17.9 Å². The van der Waals surface area contributed by atoms with Crippen LogP contribution < -0.4 is 20.5 Å². The molecule has 36 heavy (non-hydrogen) atoms. The third-order valence-corrected chi connectivity index (χ3v) is 6.89. The topological polar surface area (TPSA) is 165 Å². The van der Waals surface area contributed by atoms with Gasteiger partial charge in [0.05, 0.1) is 58.6 Å². The first-order chi connectivity index (χ1) is 17.4. The number of nitrogens with one attached hydrogen (secondary N) is 2. The summed E-state index contributed by atoms with van der Waals surface area (Å²) in [5, 5.41) is 13.2. The first-order valence-corrected chi connectivity index (χ1v) is 12.4. The fourth-order valence-electron chi connectivity index (χ4n) is 3.71. The van der Waals surface area contributed by atoms with E-state index in [1.54, 1.807) is 30.3 Å². The van der Waals surface area contributed by atoms with Crippen molar-refractivity contribution in [1.29, 1.82) is 5.26 Å². The molecule has 0 radical (unpaired) electrons. The zero-order valence-corrected chi connectivity index (χ0v) is 19.7. The Kier molecular flexibility index (Phi) is 6.24. The van der Waals surface area contributed by atoms with Gasteiger partial charge in [0.1, 0.15) is 17.9 Å². The maximum atomic E-state index is 12.5. The Morgan fingerprint density at radius 1 is 1.11 bits per heavy atom. The van der Waals surface area contributed by atoms with Gasteiger partial charge in [0, 0.05) is 24.1 Å². The van der Waals surface area contributed by atoms with E-state index in [-0.39, 0.29) is 28.2 Å². The van der Waals surface area contributed by atoms with Crippen LogP contribution in [0.15, 0.2) is 66.0 Å². The van der Waals surface area contributed by atoms with Gasteiger partial charge < -0.3 is 20.5 Å². The molecule has 11 nitrogen and oxygen atoms in total. The standard InChI is InChI=1S/C24H21N7O4S/c25-10-15-11-27-21-9-22(35-17-6-7-34-14-17)20(26)8-19(21)23(15)30-24-28-12-16(13-29-24)31-36(32,33)18-4-2-1-3-5-18/h1-5,8-9,11-13,17,31H,6-7,14,26H2,(H,27,28,29,30). The largest absolute Gasteiger partial charge is 0.486 e. The molecule has 5 rings (SSSR count). The lowest BCUT2D eigenvalue weighted by Gasteiger charge is -2.16. The minimum Gasteiger partial charge on any atom is -0.486 e. The Bertz CT molecular complexity index is 1550. The first kappa shape index (κ1) is 23.3. The second kappa shape index (κ2) is 9.65. The van der Waals surface area contributed by atoms with Crippen molar-refractivity contribution in [2.24, 2.45) is 0 Å². The molecule has 0 saturated carbocycles. The molecule has 1 fully saturated rings. The summed E-state index contributed by atoms with van der Waals surface area (Å²) < 4.78 is 38.8. The Labute approximate surface area is 207 Å². The van der Waals surface area contributed by atoms with Crippen molar-refractivity contribution in [1.82, 2.24) is 15.0 Å². The number of pyridine rings is 1. The molecule has 0 spiro atoms. The molecule has 182 valence electrons. The molecule has 1 saturated heterocycles. The lowest BCUT2D eigenvalue weighted by atomic mass is 10.1. The van der Waals surface area contributed by atoms with Crippen molar-refractivity contribution in [2.75, 3.05) is 29.0 Å². The lowest BCUT2D eigenvalue weighted by molar-refractivity contribution is 0.142. The molecule has 2 aromatic carbocycles. The fraction of sp³-hybridized carbons (Fsp3) is 0.167. The van der Waals surface area contributed by atoms with E-state index in [1.165, 1.54) is 30.7 Å². The number of rotatable bonds is 7. The van der Waals surface area contributed by atoms with Crippen LogP contribution in [0.1, 0.15) is 12.0 Å². The summed E-state index contributed by atoms with van der Waals surface area (Å²) in [6.07, 6.45) is 4.79. The molecule has 1 unspecified atom stereocenters. The number of hydrogen-bond acceptors (Lipinski definition) is 10. The number of ether oxygens (including phenoxy) is 2. The molecule has 1 atom stereocenters. The van der Waals surface area contributed by atoms with E-state index < -0.39 is 10.0 Å². The second-order valence-corrected chi connectivity index (χ2v) is 9.69. The Morgan fingerprint density at radius 2 is 1.89 bits per heavy atom. The van der Waals surface area contributed by atoms with Gasteiger partial charge in [0.15, 0.2) is 0 Å². The predicted molar refractivity (Wildman–Crippen MR) is 133 cm³/mol. The van der Waals surface area contributed by atoms with E-state index in [1.807, 2.05) is 0 Å². The highest BCUT2D eigenvalue weighted by molar-refractivity contribution is 7.92. The van der Waals surface area contributed by atoms with Gasteiger partial charge in [0.2, 0.25) is 5.95 Å². The number of nitrogens with zero attached hydrogens (tertiary/aromatic N) is 4. The van der Waals surface area contributed by atoms with Gasteiger partial charge in [0.25, 0.3) is 10.0 Å². The Balaban J connectivity index is 1.41. The first-order valence-electron chi connectivity index (χ1n) is 11.0. The van der Waals surface area contributed by atoms with Crippen LogP contribution in [0.4, 0.5) is 23.0 Å². The minimum atomic E-state index is -3.78. The maximum absolute atomic E-state index is 12.5. The molecule has 1 aliphatic heterocycles. The van der Waals surface area contributed by atoms with E-state index in [4.69, 9.17) is 15.2 Å². The van der Waals surface area contributed by atoms with Crippen molar-refractivity contribution in [3.8, 4) is 11.8 Å². The third-order valence-electron chi connectivity index (χ3n) is 5.50. The van der Waals surface area contributed by atoms with Gasteiger partial charge in [-0.1, -0.05) is 18.2 Å². The van der Waals surface area contributed by atoms with Crippen molar-refractivity contribution in [3.63, 3.8) is 0 Å². The highest BCUT2D eigenvalue weighted by atomic mass is 32.2. The Morgan fingerprint density at radius 3 is 2.58 bits per heavy atom. The third kappa shape index (κ3) is 4.83. The van der Waals surface area contributed by atoms with E-state index in [0.717, 1.165) is 6.42 Å². The monoisotopic (exact) mass is 503 g/mol. The number of benzene rings is 2. The van der Waals surface area contributed by atoms with Crippen molar-refractivity contribution in [2.45, 2.75) is 17.4 Å². The number of fused-ring (bicyclic) bond motifs is 1. The number of nitriles is 1. The average molecular weight is 504 g/mol. The summed E-state index contributed by atoms with van der Waals surface area (Å²) in [6.45, 7) is 1.14. The lowest BCUT2D eigenvalue weighted by Crippen LogP contribution is -2.16. The van der Waals surface area contributed by atoms with Crippen LogP contribution in [0.3, 0.4) is 0 Å². The van der Waals surface area contributed by atoms with Crippen LogP contribution >= 0.6 is 0 Å². The summed E-state index contributed by atoms with van der Waals surface area (Å²) in [4.78, 5) is 12.9. The summed E-state index contributed by atoms with van der Waals surface area (Å²) >= 11 is 0. The van der Waals surface area contributed by atoms with Crippen molar-refractivity contribution in [3.05, 3.63) is 66.6 Å². The zero-order valence-electron chi connectivity index (χ0n) is 18.9. The summed E-state index contributed by atoms with van der Waals surface area (Å²) in [7, 11) is -3.78. The van der Waals surface area contributed by atoms with E-state index in [0.29, 0.717) is 41.2 Å². The normalized spacial score (nSPS) is 15.4. The van der Waals surface area contributed by atoms with Crippen LogP contribution in [0.5, 0.6) is 5.75 Å². The predicted octanol–water partition coefficient (Wildman–Crippen LogP) is 3.19. The molecular weight excluding hydrogens is 482 g/mol. The van der Waals surface area contributed by atoms with Crippen LogP contribution in [0.2, 0.25) is 0 Å². The molecule has 12 heteroatoms. The second-order valence-electron chi connectivity index (χ2n) is 8.01. The maximum Gasteiger partial charge on any atom is 0.261 e. The molecule has 4 aromatic rings. The molecule has 1 aliphatic rings. The van der Waals surface area contributed by atoms with Crippen LogP contribution in [0.25, 0.3) is 10.9 Å². The molecule has 3 heterocycles. The van der Waals surface area contributed by atoms with Gasteiger partial charge >= 0.3 is 0 Å². The van der Waals surface area contributed by atoms with E-state index >= 15 is 0 Å². The average Bonchev–Trinajstić information content (AvgIpc) is 3.40. The molecule has 4 N–H and O–H groups in total. The highest BCUT2D eigenvalue weighted by Crippen LogP contribution is 2.35. The number of nitrogen functional groups attached to an aromatic ring is 1. The zero-order chi connectivity index (χ0) is 25.1. The molecule has 0 aliphatic carbocycles. The summed E-state index contributed by atoms with van der Waals surface area (Å²) in [6, 6.07) is 13.5. The molecule has 0 amide bonds. The Hall–Kier alpha value is -4.47. The molecular formula is C24H21N7O4S. The summed E-state index contributed by atoms with van der Waals surface area (Å²) in [5.74, 6) is 0.649. The highest BCUT2D eigenvalue weighted by Gasteiger charge is 2.20. The van der Waals surface area contributed by atoms with Crippen molar-refractivity contribution >= 4 is 43.9 Å². The van der Waals surface area contributed by atoms with Gasteiger partial charge in [-0.25, -0.2) is 18.4 Å². The fourth-order valence-corrected chi connectivity index (χ4v) is 4.76. The quantitative estimate of drug-likeness (QED) is 0.319. The van der Waals surface area contributed by atoms with E-state index in [9.17, 15) is 13.7 Å². The molecule has 2 aromatic heterocycles. The van der Waals surface area contributed by atoms with Gasteiger partial charge in [-0.05, 0) is 18.2 Å². The smallest absolute Gasteiger partial charge is 0.261 e. The van der Waals surface area contributed by atoms with E-state index in [2.05, 4.69) is 31.1 Å². The number of anilines is 4. The minimum absolute atomic E-state index is 0.0769. The van der Waals surface area contributed by atoms with Crippen LogP contribution in [-0.2, 0) is 14.8 Å². The number of sulfonamides is 1. The number of aromatic nitrogens is 3. The van der Waals surface area contributed by atoms with Crippen LogP contribution in [0, 0.1) is 11.3 Å². The molecule has 0 bridgehead atoms. The number of hydrogen-bond donors (Lipinski definition) is 3. The van der Waals surface area contributed by atoms with Gasteiger partial charge in [-0.2, -0.15) is 5.26 Å². The van der Waals surface area contributed by atoms with Crippen LogP contribution in [-0.4, -0.2) is 42.7 Å². The SMILES string of the molecule is N#Cc1cnc2cc(OC3CCOC3)c(N)cc2c1Nc1ncc(NS(=O)(=O)c2ccccc2)cn1. The number of nitrogens with two attached hydrogens (primary N) is 1. The van der Waals surface area contributed by atoms with Gasteiger partial charge in [-0.3, -0.25) is 9.71 Å². The summed E-state index contributed by atoms with van der Waals surface area (Å²) in [5.41, 5.74) is 8.06.